The molecule has 3 rings (SSSR count). The van der Waals surface area contributed by atoms with Crippen molar-refractivity contribution in [2.45, 2.75) is 26.1 Å². The van der Waals surface area contributed by atoms with Crippen LogP contribution in [0.5, 0.6) is 11.6 Å². The molecule has 2 atom stereocenters. The number of nitriles is 1. The van der Waals surface area contributed by atoms with Crippen molar-refractivity contribution in [2.24, 2.45) is 0 Å². The van der Waals surface area contributed by atoms with Crippen LogP contribution in [0, 0.1) is 27.3 Å². The molecule has 1 aromatic carbocycles. The molecule has 0 radical (unpaired) electrons. The van der Waals surface area contributed by atoms with Crippen LogP contribution in [0.1, 0.15) is 19.4 Å². The fraction of sp³-hybridized carbons (Fsp3) is 0.353. The first-order valence-electron chi connectivity index (χ1n) is 8.16. The normalized spacial score (nSPS) is 19.4. The molecule has 10 heteroatoms. The summed E-state index contributed by atoms with van der Waals surface area (Å²) in [6.45, 7) is 4.58. The predicted molar refractivity (Wildman–Crippen MR) is 92.1 cm³/mol. The predicted octanol–water partition coefficient (Wildman–Crippen LogP) is 2.80. The lowest BCUT2D eigenvalue weighted by molar-refractivity contribution is -0.385. The van der Waals surface area contributed by atoms with E-state index < -0.39 is 16.4 Å². The van der Waals surface area contributed by atoms with E-state index in [-0.39, 0.29) is 35.2 Å². The van der Waals surface area contributed by atoms with Gasteiger partial charge in [0, 0.05) is 19.2 Å². The Labute approximate surface area is 154 Å². The summed E-state index contributed by atoms with van der Waals surface area (Å²) in [4.78, 5) is 20.7. The number of morpholine rings is 1. The van der Waals surface area contributed by atoms with Gasteiger partial charge in [-0.2, -0.15) is 10.2 Å². The number of halogens is 1. The highest BCUT2D eigenvalue weighted by atomic mass is 19.1. The molecule has 0 bridgehead atoms. The van der Waals surface area contributed by atoms with E-state index in [9.17, 15) is 14.5 Å². The Hall–Kier alpha value is -3.32. The highest BCUT2D eigenvalue weighted by Crippen LogP contribution is 2.37. The highest BCUT2D eigenvalue weighted by molar-refractivity contribution is 5.63. The van der Waals surface area contributed by atoms with Gasteiger partial charge in [-0.25, -0.2) is 9.37 Å². The van der Waals surface area contributed by atoms with Crippen molar-refractivity contribution in [1.82, 2.24) is 9.97 Å². The van der Waals surface area contributed by atoms with Gasteiger partial charge < -0.3 is 14.4 Å². The van der Waals surface area contributed by atoms with Crippen LogP contribution in [0.3, 0.4) is 0 Å². The second kappa shape index (κ2) is 7.51. The molecule has 1 aromatic heterocycles. The van der Waals surface area contributed by atoms with E-state index in [1.54, 1.807) is 11.0 Å². The summed E-state index contributed by atoms with van der Waals surface area (Å²) in [6, 6.07) is 5.23. The molecule has 1 fully saturated rings. The number of aromatic nitrogens is 2. The van der Waals surface area contributed by atoms with Crippen LogP contribution in [-0.4, -0.2) is 40.2 Å². The molecule has 0 aliphatic carbocycles. The molecule has 2 aromatic rings. The summed E-state index contributed by atoms with van der Waals surface area (Å²) in [7, 11) is 0. The van der Waals surface area contributed by atoms with Gasteiger partial charge in [-0.1, -0.05) is 0 Å². The van der Waals surface area contributed by atoms with E-state index in [1.165, 1.54) is 12.1 Å². The van der Waals surface area contributed by atoms with Gasteiger partial charge in [-0.05, 0) is 26.0 Å². The van der Waals surface area contributed by atoms with Crippen LogP contribution in [0.4, 0.5) is 15.9 Å². The van der Waals surface area contributed by atoms with Crippen molar-refractivity contribution in [1.29, 1.82) is 5.26 Å². The lowest BCUT2D eigenvalue weighted by Gasteiger charge is -2.35. The number of hydrogen-bond acceptors (Lipinski definition) is 8. The van der Waals surface area contributed by atoms with Crippen molar-refractivity contribution in [3.63, 3.8) is 0 Å². The molecule has 140 valence electrons. The van der Waals surface area contributed by atoms with E-state index >= 15 is 0 Å². The monoisotopic (exact) mass is 373 g/mol. The zero-order valence-corrected chi connectivity index (χ0v) is 14.6. The average molecular weight is 373 g/mol. The minimum atomic E-state index is -0.789. The molecule has 0 saturated carbocycles. The fourth-order valence-corrected chi connectivity index (χ4v) is 2.93. The van der Waals surface area contributed by atoms with E-state index in [1.807, 2.05) is 13.8 Å². The Morgan fingerprint density at radius 3 is 2.67 bits per heavy atom. The number of rotatable bonds is 4. The van der Waals surface area contributed by atoms with Gasteiger partial charge >= 0.3 is 11.6 Å². The third-order valence-corrected chi connectivity index (χ3v) is 3.95. The van der Waals surface area contributed by atoms with Crippen molar-refractivity contribution in [3.8, 4) is 17.7 Å². The summed E-state index contributed by atoms with van der Waals surface area (Å²) in [5.74, 6) is -0.993. The zero-order chi connectivity index (χ0) is 19.6. The molecule has 2 heterocycles. The second-order valence-electron chi connectivity index (χ2n) is 6.13. The largest absolute Gasteiger partial charge is 0.433 e. The Bertz CT molecular complexity index is 907. The highest BCUT2D eigenvalue weighted by Gasteiger charge is 2.32. The maximum atomic E-state index is 13.8. The molecule has 1 aliphatic rings. The van der Waals surface area contributed by atoms with E-state index in [0.717, 1.165) is 12.4 Å². The Morgan fingerprint density at radius 2 is 2.07 bits per heavy atom. The first kappa shape index (κ1) is 18.5. The summed E-state index contributed by atoms with van der Waals surface area (Å²) in [5.41, 5.74) is -0.569. The third-order valence-electron chi connectivity index (χ3n) is 3.95. The second-order valence-corrected chi connectivity index (χ2v) is 6.13. The quantitative estimate of drug-likeness (QED) is 0.593. The molecule has 27 heavy (non-hydrogen) atoms. The average Bonchev–Trinajstić information content (AvgIpc) is 2.60. The van der Waals surface area contributed by atoms with Gasteiger partial charge in [0.2, 0.25) is 5.82 Å². The maximum absolute atomic E-state index is 13.8. The molecule has 0 amide bonds. The van der Waals surface area contributed by atoms with E-state index in [2.05, 4.69) is 9.97 Å². The lowest BCUT2D eigenvalue weighted by atomic mass is 10.2. The molecule has 0 spiro atoms. The number of nitrogens with zero attached hydrogens (tertiary/aromatic N) is 5. The zero-order valence-electron chi connectivity index (χ0n) is 14.6. The van der Waals surface area contributed by atoms with Crippen molar-refractivity contribution in [3.05, 3.63) is 46.0 Å². The maximum Gasteiger partial charge on any atom is 0.373 e. The number of ether oxygens (including phenoxy) is 2. The number of anilines is 1. The fourth-order valence-electron chi connectivity index (χ4n) is 2.93. The van der Waals surface area contributed by atoms with Gasteiger partial charge in [-0.15, -0.1) is 0 Å². The molecule has 9 nitrogen and oxygen atoms in total. The van der Waals surface area contributed by atoms with Gasteiger partial charge in [-0.3, -0.25) is 10.1 Å². The van der Waals surface area contributed by atoms with E-state index in [4.69, 9.17) is 14.7 Å². The summed E-state index contributed by atoms with van der Waals surface area (Å²) < 4.78 is 24.9. The van der Waals surface area contributed by atoms with Gasteiger partial charge in [0.05, 0.1) is 22.7 Å². The Kier molecular flexibility index (Phi) is 5.14. The van der Waals surface area contributed by atoms with Crippen LogP contribution < -0.4 is 9.64 Å². The summed E-state index contributed by atoms with van der Waals surface area (Å²) in [6.07, 6.45) is 0.906. The topological polar surface area (TPSA) is 114 Å². The molecule has 1 aliphatic heterocycles. The Balaban J connectivity index is 1.98. The molecule has 1 saturated heterocycles. The standard InChI is InChI=1S/C17H16FN5O4/c1-10-7-22(8-11(2)26-10)16-15(23(24)25)17(21-9-20-16)27-13-4-3-12(6-19)14(18)5-13/h3-5,9-11H,7-8H2,1-2H3. The first-order chi connectivity index (χ1) is 12.9. The summed E-state index contributed by atoms with van der Waals surface area (Å²) in [5, 5.41) is 20.5. The van der Waals surface area contributed by atoms with E-state index in [0.29, 0.717) is 13.1 Å². The third kappa shape index (κ3) is 3.93. The number of hydrogen-bond donors (Lipinski definition) is 0. The van der Waals surface area contributed by atoms with Crippen LogP contribution >= 0.6 is 0 Å². The Morgan fingerprint density at radius 1 is 1.37 bits per heavy atom. The smallest absolute Gasteiger partial charge is 0.373 e. The van der Waals surface area contributed by atoms with Crippen molar-refractivity contribution < 1.29 is 18.8 Å². The minimum Gasteiger partial charge on any atom is -0.433 e. The van der Waals surface area contributed by atoms with Crippen LogP contribution in [0.15, 0.2) is 24.5 Å². The SMILES string of the molecule is CC1CN(c2ncnc(Oc3ccc(C#N)c(F)c3)c2[N+](=O)[O-])CC(C)O1. The molecule has 2 unspecified atom stereocenters. The molecular formula is C17H16FN5O4. The number of benzene rings is 1. The van der Waals surface area contributed by atoms with Gasteiger partial charge in [0.15, 0.2) is 0 Å². The van der Waals surface area contributed by atoms with Crippen molar-refractivity contribution >= 4 is 11.5 Å². The first-order valence-corrected chi connectivity index (χ1v) is 8.16. The lowest BCUT2D eigenvalue weighted by Crippen LogP contribution is -2.46. The van der Waals surface area contributed by atoms with Crippen LogP contribution in [-0.2, 0) is 4.74 Å². The van der Waals surface area contributed by atoms with Gasteiger partial charge in [0.25, 0.3) is 0 Å². The summed E-state index contributed by atoms with van der Waals surface area (Å²) >= 11 is 0. The minimum absolute atomic E-state index is 0.0111. The van der Waals surface area contributed by atoms with Gasteiger partial charge in [0.1, 0.15) is 24.0 Å². The molecule has 0 N–H and O–H groups in total. The van der Waals surface area contributed by atoms with Crippen molar-refractivity contribution in [2.75, 3.05) is 18.0 Å². The van der Waals surface area contributed by atoms with Crippen LogP contribution in [0.2, 0.25) is 0 Å². The van der Waals surface area contributed by atoms with Crippen LogP contribution in [0.25, 0.3) is 0 Å². The molecular weight excluding hydrogens is 357 g/mol. The number of nitro groups is 1.